The molecule has 29 heavy (non-hydrogen) atoms. The summed E-state index contributed by atoms with van der Waals surface area (Å²) in [6, 6.07) is 12.5. The van der Waals surface area contributed by atoms with Crippen LogP contribution in [0.4, 0.5) is 0 Å². The first-order valence-corrected chi connectivity index (χ1v) is 10.8. The van der Waals surface area contributed by atoms with E-state index in [1.165, 1.54) is 22.8 Å². The normalized spacial score (nSPS) is 15.6. The van der Waals surface area contributed by atoms with Crippen LogP contribution in [0, 0.1) is 5.92 Å². The number of rotatable bonds is 7. The van der Waals surface area contributed by atoms with Crippen molar-refractivity contribution in [2.24, 2.45) is 5.92 Å². The molecule has 8 nitrogen and oxygen atoms in total. The molecule has 2 heterocycles. The average molecular weight is 417 g/mol. The summed E-state index contributed by atoms with van der Waals surface area (Å²) in [7, 11) is -3.62. The van der Waals surface area contributed by atoms with E-state index in [1.54, 1.807) is 6.07 Å². The average Bonchev–Trinajstić information content (AvgIpc) is 2.77. The molecule has 0 bridgehead atoms. The van der Waals surface area contributed by atoms with Crippen molar-refractivity contribution in [3.63, 3.8) is 0 Å². The number of ether oxygens (including phenoxy) is 1. The largest absolute Gasteiger partial charge is 0.455 e. The van der Waals surface area contributed by atoms with Gasteiger partial charge in [-0.05, 0) is 30.5 Å². The molecule has 9 heteroatoms. The molecule has 1 aromatic heterocycles. The zero-order valence-electron chi connectivity index (χ0n) is 15.9. The van der Waals surface area contributed by atoms with Crippen molar-refractivity contribution in [2.75, 3.05) is 19.7 Å². The summed E-state index contributed by atoms with van der Waals surface area (Å²) in [4.78, 5) is 28.1. The SMILES string of the molecule is O=C(COC(=O)C1CCN(S(=O)(=O)c2cccnc2)CC1)NCc1ccccc1. The summed E-state index contributed by atoms with van der Waals surface area (Å²) in [6.07, 6.45) is 3.52. The van der Waals surface area contributed by atoms with Crippen LogP contribution in [0.2, 0.25) is 0 Å². The van der Waals surface area contributed by atoms with Crippen LogP contribution in [-0.4, -0.2) is 49.3 Å². The Morgan fingerprint density at radius 2 is 1.83 bits per heavy atom. The van der Waals surface area contributed by atoms with Crippen molar-refractivity contribution >= 4 is 21.9 Å². The Labute approximate surface area is 169 Å². The van der Waals surface area contributed by atoms with Crippen LogP contribution >= 0.6 is 0 Å². The number of pyridine rings is 1. The van der Waals surface area contributed by atoms with Gasteiger partial charge in [-0.2, -0.15) is 4.31 Å². The third-order valence-electron chi connectivity index (χ3n) is 4.74. The molecule has 0 aliphatic carbocycles. The van der Waals surface area contributed by atoms with E-state index in [1.807, 2.05) is 30.3 Å². The molecular formula is C20H23N3O5S. The fraction of sp³-hybridized carbons (Fsp3) is 0.350. The third kappa shape index (κ3) is 5.61. The number of esters is 1. The van der Waals surface area contributed by atoms with Gasteiger partial charge in [0.05, 0.1) is 5.92 Å². The summed E-state index contributed by atoms with van der Waals surface area (Å²) in [6.45, 7) is 0.454. The topological polar surface area (TPSA) is 106 Å². The van der Waals surface area contributed by atoms with Crippen LogP contribution in [0.5, 0.6) is 0 Å². The summed E-state index contributed by atoms with van der Waals surface area (Å²) < 4.78 is 31.6. The Morgan fingerprint density at radius 3 is 2.48 bits per heavy atom. The number of sulfonamides is 1. The van der Waals surface area contributed by atoms with Gasteiger partial charge in [-0.1, -0.05) is 30.3 Å². The monoisotopic (exact) mass is 417 g/mol. The van der Waals surface area contributed by atoms with Crippen molar-refractivity contribution in [1.29, 1.82) is 0 Å². The van der Waals surface area contributed by atoms with E-state index in [0.717, 1.165) is 5.56 Å². The fourth-order valence-corrected chi connectivity index (χ4v) is 4.52. The summed E-state index contributed by atoms with van der Waals surface area (Å²) in [5.74, 6) is -1.27. The highest BCUT2D eigenvalue weighted by Gasteiger charge is 2.33. The summed E-state index contributed by atoms with van der Waals surface area (Å²) in [5, 5.41) is 2.69. The van der Waals surface area contributed by atoms with Crippen molar-refractivity contribution in [3.05, 3.63) is 60.4 Å². The number of carbonyl (C=O) groups excluding carboxylic acids is 2. The molecule has 0 unspecified atom stereocenters. The van der Waals surface area contributed by atoms with E-state index in [0.29, 0.717) is 19.4 Å². The molecule has 2 aromatic rings. The van der Waals surface area contributed by atoms with E-state index < -0.39 is 21.9 Å². The zero-order valence-corrected chi connectivity index (χ0v) is 16.7. The molecule has 0 atom stereocenters. The predicted molar refractivity (Wildman–Crippen MR) is 105 cm³/mol. The molecule has 1 saturated heterocycles. The van der Waals surface area contributed by atoms with E-state index in [2.05, 4.69) is 10.3 Å². The maximum atomic E-state index is 12.6. The Morgan fingerprint density at radius 1 is 1.10 bits per heavy atom. The van der Waals surface area contributed by atoms with Crippen molar-refractivity contribution in [3.8, 4) is 0 Å². The van der Waals surface area contributed by atoms with Crippen LogP contribution in [0.25, 0.3) is 0 Å². The van der Waals surface area contributed by atoms with E-state index in [-0.39, 0.29) is 30.5 Å². The second-order valence-electron chi connectivity index (χ2n) is 6.74. The number of hydrogen-bond donors (Lipinski definition) is 1. The quantitative estimate of drug-likeness (QED) is 0.682. The number of nitrogens with one attached hydrogen (secondary N) is 1. The minimum Gasteiger partial charge on any atom is -0.455 e. The van der Waals surface area contributed by atoms with Gasteiger partial charge in [0.25, 0.3) is 5.91 Å². The molecule has 1 aliphatic heterocycles. The molecule has 1 N–H and O–H groups in total. The molecule has 0 radical (unpaired) electrons. The number of carbonyl (C=O) groups is 2. The van der Waals surface area contributed by atoms with Gasteiger partial charge in [-0.15, -0.1) is 0 Å². The van der Waals surface area contributed by atoms with Crippen LogP contribution in [0.1, 0.15) is 18.4 Å². The predicted octanol–water partition coefficient (Wildman–Crippen LogP) is 1.34. The molecule has 1 fully saturated rings. The molecule has 154 valence electrons. The van der Waals surface area contributed by atoms with Crippen molar-refractivity contribution in [1.82, 2.24) is 14.6 Å². The molecule has 3 rings (SSSR count). The number of benzene rings is 1. The van der Waals surface area contributed by atoms with Gasteiger partial charge in [-0.25, -0.2) is 8.42 Å². The van der Waals surface area contributed by atoms with Crippen molar-refractivity contribution < 1.29 is 22.7 Å². The van der Waals surface area contributed by atoms with Crippen LogP contribution in [0.15, 0.2) is 59.8 Å². The van der Waals surface area contributed by atoms with Gasteiger partial charge in [0.15, 0.2) is 6.61 Å². The molecule has 1 aliphatic rings. The standard InChI is InChI=1S/C20H23N3O5S/c24-19(22-13-16-5-2-1-3-6-16)15-28-20(25)17-8-11-23(12-9-17)29(26,27)18-7-4-10-21-14-18/h1-7,10,14,17H,8-9,11-13,15H2,(H,22,24). The minimum atomic E-state index is -3.62. The van der Waals surface area contributed by atoms with Crippen LogP contribution in [0.3, 0.4) is 0 Å². The highest BCUT2D eigenvalue weighted by molar-refractivity contribution is 7.89. The molecule has 0 spiro atoms. The highest BCUT2D eigenvalue weighted by Crippen LogP contribution is 2.24. The first-order valence-electron chi connectivity index (χ1n) is 9.34. The Kier molecular flexibility index (Phi) is 6.95. The van der Waals surface area contributed by atoms with E-state index in [9.17, 15) is 18.0 Å². The molecule has 0 saturated carbocycles. The Balaban J connectivity index is 1.42. The highest BCUT2D eigenvalue weighted by atomic mass is 32.2. The third-order valence-corrected chi connectivity index (χ3v) is 6.62. The Bertz CT molecular complexity index is 927. The molecular weight excluding hydrogens is 394 g/mol. The lowest BCUT2D eigenvalue weighted by Gasteiger charge is -2.29. The lowest BCUT2D eigenvalue weighted by molar-refractivity contribution is -0.153. The van der Waals surface area contributed by atoms with E-state index in [4.69, 9.17) is 4.74 Å². The number of aromatic nitrogens is 1. The lowest BCUT2D eigenvalue weighted by atomic mass is 9.98. The van der Waals surface area contributed by atoms with Crippen LogP contribution < -0.4 is 5.32 Å². The fourth-order valence-electron chi connectivity index (χ4n) is 3.08. The smallest absolute Gasteiger partial charge is 0.309 e. The van der Waals surface area contributed by atoms with Gasteiger partial charge >= 0.3 is 5.97 Å². The second kappa shape index (κ2) is 9.62. The van der Waals surface area contributed by atoms with Gasteiger partial charge in [0, 0.05) is 32.0 Å². The van der Waals surface area contributed by atoms with Gasteiger partial charge in [-0.3, -0.25) is 14.6 Å². The van der Waals surface area contributed by atoms with Gasteiger partial charge in [0.1, 0.15) is 4.90 Å². The van der Waals surface area contributed by atoms with E-state index >= 15 is 0 Å². The maximum absolute atomic E-state index is 12.6. The number of nitrogens with zero attached hydrogens (tertiary/aromatic N) is 2. The zero-order chi connectivity index (χ0) is 20.7. The number of amides is 1. The minimum absolute atomic E-state index is 0.135. The van der Waals surface area contributed by atoms with Gasteiger partial charge in [0.2, 0.25) is 10.0 Å². The second-order valence-corrected chi connectivity index (χ2v) is 8.68. The molecule has 1 aromatic carbocycles. The van der Waals surface area contributed by atoms with Crippen molar-refractivity contribution in [2.45, 2.75) is 24.3 Å². The number of hydrogen-bond acceptors (Lipinski definition) is 6. The lowest BCUT2D eigenvalue weighted by Crippen LogP contribution is -2.41. The van der Waals surface area contributed by atoms with Gasteiger partial charge < -0.3 is 10.1 Å². The number of piperidine rings is 1. The first-order chi connectivity index (χ1) is 14.0. The maximum Gasteiger partial charge on any atom is 0.309 e. The van der Waals surface area contributed by atoms with Crippen LogP contribution in [-0.2, 0) is 30.9 Å². The summed E-state index contributed by atoms with van der Waals surface area (Å²) in [5.41, 5.74) is 0.953. The summed E-state index contributed by atoms with van der Waals surface area (Å²) >= 11 is 0. The first kappa shape index (κ1) is 20.9. The molecule has 1 amide bonds. The Hall–Kier alpha value is -2.78.